The highest BCUT2D eigenvalue weighted by Crippen LogP contribution is 2.26. The number of hydrogen-bond acceptors (Lipinski definition) is 4. The van der Waals surface area contributed by atoms with E-state index in [2.05, 4.69) is 20.9 Å². The molecule has 0 aromatic heterocycles. The maximum Gasteiger partial charge on any atom is 0.265 e. The minimum Gasteiger partial charge on any atom is -0.260 e. The van der Waals surface area contributed by atoms with Crippen molar-refractivity contribution in [1.29, 1.82) is 0 Å². The van der Waals surface area contributed by atoms with Crippen molar-refractivity contribution in [2.24, 2.45) is 4.99 Å². The molecule has 0 radical (unpaired) electrons. The van der Waals surface area contributed by atoms with Gasteiger partial charge in [-0.15, -0.1) is 0 Å². The van der Waals surface area contributed by atoms with E-state index in [4.69, 9.17) is 0 Å². The molecule has 0 unspecified atom stereocenters. The van der Waals surface area contributed by atoms with Gasteiger partial charge in [0.2, 0.25) is 0 Å². The summed E-state index contributed by atoms with van der Waals surface area (Å²) in [4.78, 5) is 4.66. The number of amidine groups is 1. The van der Waals surface area contributed by atoms with E-state index < -0.39 is 10.0 Å². The smallest absolute Gasteiger partial charge is 0.260 e. The fourth-order valence-electron chi connectivity index (χ4n) is 2.20. The number of nitrogens with zero attached hydrogens (tertiary/aromatic N) is 2. The summed E-state index contributed by atoms with van der Waals surface area (Å²) < 4.78 is 27.9. The second kappa shape index (κ2) is 7.07. The summed E-state index contributed by atoms with van der Waals surface area (Å²) in [5.74, 6) is 0.687. The highest BCUT2D eigenvalue weighted by Gasteiger charge is 2.30. The molecule has 0 spiro atoms. The maximum atomic E-state index is 12.7. The molecule has 0 saturated heterocycles. The molecule has 7 heteroatoms. The average molecular weight is 411 g/mol. The molecular formula is C16H15BrN2O2S2. The lowest BCUT2D eigenvalue weighted by Crippen LogP contribution is -2.32. The number of thioether (sulfide) groups is 1. The van der Waals surface area contributed by atoms with Crippen LogP contribution in [0.1, 0.15) is 5.56 Å². The van der Waals surface area contributed by atoms with Gasteiger partial charge in [-0.3, -0.25) is 4.99 Å². The largest absolute Gasteiger partial charge is 0.265 e. The van der Waals surface area contributed by atoms with Crippen molar-refractivity contribution in [1.82, 2.24) is 4.31 Å². The van der Waals surface area contributed by atoms with Crippen molar-refractivity contribution >= 4 is 42.9 Å². The third kappa shape index (κ3) is 3.79. The monoisotopic (exact) mass is 410 g/mol. The van der Waals surface area contributed by atoms with Gasteiger partial charge in [-0.25, -0.2) is 12.7 Å². The number of halogens is 1. The average Bonchev–Trinajstić information content (AvgIpc) is 3.04. The van der Waals surface area contributed by atoms with Gasteiger partial charge < -0.3 is 0 Å². The topological polar surface area (TPSA) is 49.7 Å². The second-order valence-corrected chi connectivity index (χ2v) is 8.69. The molecule has 2 aromatic rings. The number of benzene rings is 2. The van der Waals surface area contributed by atoms with Crippen LogP contribution in [0.3, 0.4) is 0 Å². The van der Waals surface area contributed by atoms with E-state index in [9.17, 15) is 8.42 Å². The zero-order valence-electron chi connectivity index (χ0n) is 12.2. The normalized spacial score (nSPS) is 14.8. The zero-order valence-corrected chi connectivity index (χ0v) is 15.4. The molecule has 2 aromatic carbocycles. The highest BCUT2D eigenvalue weighted by molar-refractivity contribution is 9.10. The summed E-state index contributed by atoms with van der Waals surface area (Å²) in [7, 11) is -3.52. The van der Waals surface area contributed by atoms with Crippen LogP contribution in [0.4, 0.5) is 0 Å². The van der Waals surface area contributed by atoms with Gasteiger partial charge in [-0.2, -0.15) is 0 Å². The first kappa shape index (κ1) is 16.5. The van der Waals surface area contributed by atoms with Crippen LogP contribution in [-0.4, -0.2) is 31.0 Å². The van der Waals surface area contributed by atoms with E-state index in [0.29, 0.717) is 28.9 Å². The highest BCUT2D eigenvalue weighted by atomic mass is 79.9. The maximum absolute atomic E-state index is 12.7. The molecule has 1 aliphatic rings. The fourth-order valence-corrected chi connectivity index (χ4v) is 5.16. The van der Waals surface area contributed by atoms with Gasteiger partial charge in [0.05, 0.1) is 18.0 Å². The van der Waals surface area contributed by atoms with Crippen molar-refractivity contribution < 1.29 is 8.42 Å². The SMILES string of the molecule is O=S(=O)(c1ccccc1)N1CCN=C1SCc1ccc(Br)cc1. The first-order chi connectivity index (χ1) is 11.1. The minimum absolute atomic E-state index is 0.304. The summed E-state index contributed by atoms with van der Waals surface area (Å²) >= 11 is 4.86. The Bertz CT molecular complexity index is 806. The van der Waals surface area contributed by atoms with Gasteiger partial charge in [0.25, 0.3) is 10.0 Å². The van der Waals surface area contributed by atoms with Crippen molar-refractivity contribution in [2.75, 3.05) is 13.1 Å². The molecule has 4 nitrogen and oxygen atoms in total. The Morgan fingerprint density at radius 1 is 1.09 bits per heavy atom. The van der Waals surface area contributed by atoms with Gasteiger partial charge in [0.15, 0.2) is 5.17 Å². The summed E-state index contributed by atoms with van der Waals surface area (Å²) in [6, 6.07) is 16.5. The molecule has 0 fully saturated rings. The van der Waals surface area contributed by atoms with E-state index in [0.717, 1.165) is 10.0 Å². The summed E-state index contributed by atoms with van der Waals surface area (Å²) in [5.41, 5.74) is 1.13. The Morgan fingerprint density at radius 3 is 2.48 bits per heavy atom. The Hall–Kier alpha value is -1.31. The molecule has 0 amide bonds. The minimum atomic E-state index is -3.52. The van der Waals surface area contributed by atoms with Crippen molar-refractivity contribution in [3.63, 3.8) is 0 Å². The number of aliphatic imine (C=N–C) groups is 1. The lowest BCUT2D eigenvalue weighted by atomic mass is 10.2. The first-order valence-electron chi connectivity index (χ1n) is 7.07. The number of hydrogen-bond donors (Lipinski definition) is 0. The van der Waals surface area contributed by atoms with Crippen LogP contribution in [0, 0.1) is 0 Å². The van der Waals surface area contributed by atoms with Crippen LogP contribution in [0.2, 0.25) is 0 Å². The summed E-state index contributed by atoms with van der Waals surface area (Å²) in [6.07, 6.45) is 0. The predicted octanol–water partition coefficient (Wildman–Crippen LogP) is 3.74. The van der Waals surface area contributed by atoms with E-state index >= 15 is 0 Å². The molecular weight excluding hydrogens is 396 g/mol. The van der Waals surface area contributed by atoms with Crippen LogP contribution in [0.5, 0.6) is 0 Å². The first-order valence-corrected chi connectivity index (χ1v) is 10.3. The molecule has 1 heterocycles. The van der Waals surface area contributed by atoms with E-state index in [1.165, 1.54) is 16.1 Å². The standard InChI is InChI=1S/C16H15BrN2O2S2/c17-14-8-6-13(7-9-14)12-22-16-18-10-11-19(16)23(20,21)15-4-2-1-3-5-15/h1-9H,10-12H2. The summed E-state index contributed by atoms with van der Waals surface area (Å²) in [5, 5.41) is 0.566. The van der Waals surface area contributed by atoms with Gasteiger partial charge in [-0.05, 0) is 29.8 Å². The summed E-state index contributed by atoms with van der Waals surface area (Å²) in [6.45, 7) is 0.911. The van der Waals surface area contributed by atoms with Gasteiger partial charge >= 0.3 is 0 Å². The molecule has 0 saturated carbocycles. The van der Waals surface area contributed by atoms with Crippen LogP contribution in [0.15, 0.2) is 69.0 Å². The van der Waals surface area contributed by atoms with Crippen molar-refractivity contribution in [3.8, 4) is 0 Å². The molecule has 0 bridgehead atoms. The van der Waals surface area contributed by atoms with Gasteiger partial charge in [-0.1, -0.05) is 58.0 Å². The Labute approximate surface area is 148 Å². The van der Waals surface area contributed by atoms with E-state index in [-0.39, 0.29) is 0 Å². The van der Waals surface area contributed by atoms with Crippen LogP contribution in [-0.2, 0) is 15.8 Å². The lowest BCUT2D eigenvalue weighted by molar-refractivity contribution is 0.540. The predicted molar refractivity (Wildman–Crippen MR) is 98.1 cm³/mol. The molecule has 120 valence electrons. The number of sulfonamides is 1. The Morgan fingerprint density at radius 2 is 1.78 bits per heavy atom. The molecule has 23 heavy (non-hydrogen) atoms. The molecule has 1 aliphatic heterocycles. The molecule has 0 atom stereocenters. The van der Waals surface area contributed by atoms with Crippen LogP contribution >= 0.6 is 27.7 Å². The molecule has 0 aliphatic carbocycles. The van der Waals surface area contributed by atoms with Crippen molar-refractivity contribution in [3.05, 3.63) is 64.6 Å². The molecule has 3 rings (SSSR count). The third-order valence-electron chi connectivity index (χ3n) is 3.38. The zero-order chi connectivity index (χ0) is 16.3. The molecule has 0 N–H and O–H groups in total. The van der Waals surface area contributed by atoms with Gasteiger partial charge in [0, 0.05) is 10.2 Å². The van der Waals surface area contributed by atoms with E-state index in [1.54, 1.807) is 30.3 Å². The Balaban J connectivity index is 1.74. The van der Waals surface area contributed by atoms with Crippen LogP contribution in [0.25, 0.3) is 0 Å². The fraction of sp³-hybridized carbons (Fsp3) is 0.188. The third-order valence-corrected chi connectivity index (χ3v) is 6.91. The quantitative estimate of drug-likeness (QED) is 0.770. The lowest BCUT2D eigenvalue weighted by Gasteiger charge is -2.19. The second-order valence-electron chi connectivity index (χ2n) is 4.97. The van der Waals surface area contributed by atoms with Crippen molar-refractivity contribution in [2.45, 2.75) is 10.6 Å². The number of rotatable bonds is 4. The van der Waals surface area contributed by atoms with E-state index in [1.807, 2.05) is 24.3 Å². The van der Waals surface area contributed by atoms with Crippen LogP contribution < -0.4 is 0 Å². The van der Waals surface area contributed by atoms with Gasteiger partial charge in [0.1, 0.15) is 0 Å². The Kier molecular flexibility index (Phi) is 5.08.